The van der Waals surface area contributed by atoms with Crippen molar-refractivity contribution in [1.29, 1.82) is 0 Å². The number of rotatable bonds is 6. The van der Waals surface area contributed by atoms with Crippen LogP contribution in [0.3, 0.4) is 0 Å². The Balaban J connectivity index is 2.07. The van der Waals surface area contributed by atoms with Crippen molar-refractivity contribution in [2.75, 3.05) is 0 Å². The van der Waals surface area contributed by atoms with Gasteiger partial charge in [-0.3, -0.25) is 0 Å². The van der Waals surface area contributed by atoms with E-state index in [1.54, 1.807) is 0 Å². The van der Waals surface area contributed by atoms with Gasteiger partial charge in [0.25, 0.3) is 0 Å². The highest BCUT2D eigenvalue weighted by atomic mass is 16.7. The number of unbranched alkanes of at least 4 members (excludes halogenated alkanes) is 1. The summed E-state index contributed by atoms with van der Waals surface area (Å²) in [5.41, 5.74) is 1.15. The second-order valence-electron chi connectivity index (χ2n) is 5.35. The number of benzene rings is 1. The fourth-order valence-corrected chi connectivity index (χ4v) is 2.57. The summed E-state index contributed by atoms with van der Waals surface area (Å²) >= 11 is 0. The molecule has 0 saturated carbocycles. The van der Waals surface area contributed by atoms with Crippen molar-refractivity contribution in [3.63, 3.8) is 0 Å². The molecule has 1 aromatic rings. The summed E-state index contributed by atoms with van der Waals surface area (Å²) in [5.74, 6) is 2.89. The lowest BCUT2D eigenvalue weighted by Gasteiger charge is -2.34. The highest BCUT2D eigenvalue weighted by Gasteiger charge is 2.31. The van der Waals surface area contributed by atoms with Crippen LogP contribution < -0.4 is 4.74 Å². The van der Waals surface area contributed by atoms with E-state index in [0.29, 0.717) is 12.5 Å². The van der Waals surface area contributed by atoms with Gasteiger partial charge in [-0.25, -0.2) is 0 Å². The largest absolute Gasteiger partial charge is 0.464 e. The molecule has 0 spiro atoms. The summed E-state index contributed by atoms with van der Waals surface area (Å²) < 4.78 is 12.0. The monoisotopic (exact) mass is 261 g/mol. The number of hydrogen-bond donors (Lipinski definition) is 0. The van der Waals surface area contributed by atoms with Crippen molar-refractivity contribution in [3.8, 4) is 5.75 Å². The maximum Gasteiger partial charge on any atom is 0.203 e. The van der Waals surface area contributed by atoms with Crippen molar-refractivity contribution in [2.45, 2.75) is 59.4 Å². The van der Waals surface area contributed by atoms with Crippen molar-refractivity contribution in [3.05, 3.63) is 35.7 Å². The number of para-hydroxylation sites is 1. The molecule has 2 rings (SSSR count). The summed E-state index contributed by atoms with van der Waals surface area (Å²) in [7, 11) is 0. The van der Waals surface area contributed by atoms with Gasteiger partial charge in [-0.05, 0) is 24.8 Å². The van der Waals surface area contributed by atoms with Gasteiger partial charge in [0, 0.05) is 11.5 Å². The summed E-state index contributed by atoms with van der Waals surface area (Å²) in [4.78, 5) is 0. The molecule has 2 heteroatoms. The van der Waals surface area contributed by atoms with Crippen molar-refractivity contribution >= 4 is 0 Å². The van der Waals surface area contributed by atoms with Crippen LogP contribution in [0.5, 0.6) is 5.75 Å². The zero-order valence-electron chi connectivity index (χ0n) is 12.3. The van der Waals surface area contributed by atoms with E-state index in [-0.39, 0.29) is 6.29 Å². The smallest absolute Gasteiger partial charge is 0.203 e. The van der Waals surface area contributed by atoms with Gasteiger partial charge in [-0.15, -0.1) is 0 Å². The Hall–Kier alpha value is -1.02. The standard InChI is InChI=1S/C17H25O2/c1-4-6-10-15(13(3)5-2)17-18-12-14-9-7-8-11-16(14)19-17/h7-9,11,15,17H,4-6,10,12H2,1-3H3. The second-order valence-corrected chi connectivity index (χ2v) is 5.35. The topological polar surface area (TPSA) is 18.5 Å². The van der Waals surface area contributed by atoms with Crippen LogP contribution in [0.25, 0.3) is 0 Å². The maximum absolute atomic E-state index is 6.07. The molecule has 0 aliphatic carbocycles. The van der Waals surface area contributed by atoms with Gasteiger partial charge in [0.15, 0.2) is 0 Å². The van der Waals surface area contributed by atoms with Crippen LogP contribution in [0, 0.1) is 11.8 Å². The van der Waals surface area contributed by atoms with Gasteiger partial charge in [0.2, 0.25) is 6.29 Å². The first-order valence-electron chi connectivity index (χ1n) is 7.44. The summed E-state index contributed by atoms with van der Waals surface area (Å²) in [5, 5.41) is 0. The Morgan fingerprint density at radius 1 is 1.32 bits per heavy atom. The molecular weight excluding hydrogens is 236 g/mol. The van der Waals surface area contributed by atoms with E-state index in [4.69, 9.17) is 9.47 Å². The van der Waals surface area contributed by atoms with Gasteiger partial charge in [0.05, 0.1) is 6.61 Å². The van der Waals surface area contributed by atoms with Crippen LogP contribution in [0.4, 0.5) is 0 Å². The molecule has 2 atom stereocenters. The molecule has 1 aromatic carbocycles. The summed E-state index contributed by atoms with van der Waals surface area (Å²) in [6, 6.07) is 8.18. The first-order chi connectivity index (χ1) is 9.26. The van der Waals surface area contributed by atoms with E-state index in [1.807, 2.05) is 18.2 Å². The van der Waals surface area contributed by atoms with E-state index < -0.39 is 0 Å². The molecule has 1 radical (unpaired) electrons. The number of ether oxygens (including phenoxy) is 2. The first kappa shape index (κ1) is 14.4. The fraction of sp³-hybridized carbons (Fsp3) is 0.588. The van der Waals surface area contributed by atoms with E-state index in [9.17, 15) is 0 Å². The molecule has 0 aromatic heterocycles. The lowest BCUT2D eigenvalue weighted by molar-refractivity contribution is -0.138. The molecule has 0 fully saturated rings. The van der Waals surface area contributed by atoms with Crippen molar-refractivity contribution in [1.82, 2.24) is 0 Å². The van der Waals surface area contributed by atoms with E-state index >= 15 is 0 Å². The van der Waals surface area contributed by atoms with Gasteiger partial charge >= 0.3 is 0 Å². The lowest BCUT2D eigenvalue weighted by atomic mass is 9.86. The van der Waals surface area contributed by atoms with Crippen LogP contribution in [0.2, 0.25) is 0 Å². The van der Waals surface area contributed by atoms with Crippen molar-refractivity contribution in [2.24, 2.45) is 5.92 Å². The SMILES string of the molecule is CCCCC([C](C)CC)C1OCc2ccccc2O1. The molecule has 1 aliphatic heterocycles. The Morgan fingerprint density at radius 3 is 2.84 bits per heavy atom. The van der Waals surface area contributed by atoms with E-state index in [2.05, 4.69) is 26.8 Å². The minimum Gasteiger partial charge on any atom is -0.464 e. The average molecular weight is 261 g/mol. The quantitative estimate of drug-likeness (QED) is 0.737. The molecule has 105 valence electrons. The van der Waals surface area contributed by atoms with Crippen LogP contribution in [0.1, 0.15) is 52.0 Å². The minimum absolute atomic E-state index is 0.110. The van der Waals surface area contributed by atoms with Gasteiger partial charge < -0.3 is 9.47 Å². The van der Waals surface area contributed by atoms with Gasteiger partial charge in [-0.1, -0.05) is 51.8 Å². The van der Waals surface area contributed by atoms with Crippen LogP contribution >= 0.6 is 0 Å². The third-order valence-corrected chi connectivity index (χ3v) is 4.01. The lowest BCUT2D eigenvalue weighted by Crippen LogP contribution is -2.35. The molecule has 1 heterocycles. The Kier molecular flexibility index (Phi) is 5.26. The Labute approximate surface area is 117 Å². The molecule has 2 unspecified atom stereocenters. The summed E-state index contributed by atoms with van der Waals surface area (Å²) in [6.07, 6.45) is 4.59. The molecule has 0 saturated heterocycles. The van der Waals surface area contributed by atoms with Crippen LogP contribution in [0.15, 0.2) is 24.3 Å². The zero-order chi connectivity index (χ0) is 13.7. The molecule has 0 N–H and O–H groups in total. The third kappa shape index (κ3) is 3.50. The molecule has 2 nitrogen and oxygen atoms in total. The molecule has 19 heavy (non-hydrogen) atoms. The number of hydrogen-bond acceptors (Lipinski definition) is 2. The third-order valence-electron chi connectivity index (χ3n) is 4.01. The highest BCUT2D eigenvalue weighted by molar-refractivity contribution is 5.33. The van der Waals surface area contributed by atoms with E-state index in [1.165, 1.54) is 18.8 Å². The Bertz CT molecular complexity index is 389. The fourth-order valence-electron chi connectivity index (χ4n) is 2.57. The molecule has 0 bridgehead atoms. The van der Waals surface area contributed by atoms with Crippen LogP contribution in [-0.4, -0.2) is 6.29 Å². The molecule has 1 aliphatic rings. The van der Waals surface area contributed by atoms with Crippen molar-refractivity contribution < 1.29 is 9.47 Å². The maximum atomic E-state index is 6.07. The zero-order valence-corrected chi connectivity index (χ0v) is 12.3. The van der Waals surface area contributed by atoms with Crippen LogP contribution in [-0.2, 0) is 11.3 Å². The molecule has 0 amide bonds. The number of fused-ring (bicyclic) bond motifs is 1. The summed E-state index contributed by atoms with van der Waals surface area (Å²) in [6.45, 7) is 7.34. The molecular formula is C17H25O2. The second kappa shape index (κ2) is 6.95. The predicted octanol–water partition coefficient (Wildman–Crippen LogP) is 4.73. The van der Waals surface area contributed by atoms with Gasteiger partial charge in [0.1, 0.15) is 5.75 Å². The Morgan fingerprint density at radius 2 is 2.11 bits per heavy atom. The first-order valence-corrected chi connectivity index (χ1v) is 7.44. The predicted molar refractivity (Wildman–Crippen MR) is 77.9 cm³/mol. The van der Waals surface area contributed by atoms with Gasteiger partial charge in [-0.2, -0.15) is 0 Å². The highest BCUT2D eigenvalue weighted by Crippen LogP contribution is 2.34. The average Bonchev–Trinajstić information content (AvgIpc) is 2.47. The normalized spacial score (nSPS) is 19.9. The minimum atomic E-state index is -0.110. The van der Waals surface area contributed by atoms with E-state index in [0.717, 1.165) is 24.2 Å².